The molecule has 8 N–H and O–H groups in total. The van der Waals surface area contributed by atoms with E-state index in [0.717, 1.165) is 5.56 Å². The van der Waals surface area contributed by atoms with E-state index in [4.69, 9.17) is 4.74 Å². The number of hydrogen-bond acceptors (Lipinski definition) is 11. The molecule has 4 heterocycles. The topological polar surface area (TPSA) is 235 Å². The van der Waals surface area contributed by atoms with Gasteiger partial charge in [0, 0.05) is 21.5 Å². The van der Waals surface area contributed by atoms with Gasteiger partial charge in [-0.3, -0.25) is 9.59 Å². The number of aliphatic hydroxyl groups excluding tert-OH is 4. The van der Waals surface area contributed by atoms with Crippen LogP contribution < -0.4 is 4.83 Å². The van der Waals surface area contributed by atoms with Crippen LogP contribution >= 0.6 is 0 Å². The Kier molecular flexibility index (Phi) is 6.83. The van der Waals surface area contributed by atoms with Crippen molar-refractivity contribution in [2.75, 3.05) is 6.61 Å². The Labute approximate surface area is 275 Å². The van der Waals surface area contributed by atoms with E-state index in [2.05, 4.69) is 9.82 Å². The molecule has 2 aliphatic heterocycles. The first-order chi connectivity index (χ1) is 23.4. The summed E-state index contributed by atoms with van der Waals surface area (Å²) < 4.78 is 34.1. The Morgan fingerprint density at radius 2 is 1.43 bits per heavy atom. The lowest BCUT2D eigenvalue weighted by atomic mass is 9.96. The van der Waals surface area contributed by atoms with E-state index in [1.807, 2.05) is 0 Å². The number of aliphatic hydroxyl groups is 4. The fraction of sp³-hybridized carbons (Fsp3) is 0.212. The normalized spacial score (nSPS) is 23.0. The van der Waals surface area contributed by atoms with Crippen molar-refractivity contribution in [3.05, 3.63) is 77.4 Å². The number of hydrazine groups is 1. The predicted molar refractivity (Wildman–Crippen MR) is 173 cm³/mol. The van der Waals surface area contributed by atoms with Crippen LogP contribution in [0.2, 0.25) is 0 Å². The molecule has 8 rings (SSSR count). The molecule has 1 saturated heterocycles. The van der Waals surface area contributed by atoms with Gasteiger partial charge in [0.25, 0.3) is 21.8 Å². The first kappa shape index (κ1) is 31.2. The van der Waals surface area contributed by atoms with Crippen molar-refractivity contribution in [3.8, 4) is 11.5 Å². The molecular weight excluding hydrogens is 660 g/mol. The molecule has 16 heteroatoms. The van der Waals surface area contributed by atoms with Crippen LogP contribution in [0.3, 0.4) is 0 Å². The molecule has 6 aromatic rings. The minimum absolute atomic E-state index is 0.0154. The van der Waals surface area contributed by atoms with Crippen molar-refractivity contribution in [2.45, 2.75) is 42.5 Å². The SMILES string of the molecule is Cc1ccc(S(=O)(=O)NN2C(=O)c3c(c4c5cccc(O)c5n([C@@H]5O[C@H](CO)[C@@H](O)[C@H](O)[C@H]5O)c4c4[nH]c5c(O)cccc5c34)C2=O)cc1. The van der Waals surface area contributed by atoms with Gasteiger partial charge in [0.05, 0.1) is 44.7 Å². The van der Waals surface area contributed by atoms with Crippen LogP contribution in [0, 0.1) is 6.92 Å². The summed E-state index contributed by atoms with van der Waals surface area (Å²) in [5, 5.41) is 65.6. The highest BCUT2D eigenvalue weighted by molar-refractivity contribution is 7.89. The quantitative estimate of drug-likeness (QED) is 0.121. The van der Waals surface area contributed by atoms with Crippen molar-refractivity contribution < 1.29 is 53.4 Å². The first-order valence-electron chi connectivity index (χ1n) is 15.1. The first-order valence-corrected chi connectivity index (χ1v) is 16.6. The molecule has 0 aliphatic carbocycles. The average Bonchev–Trinajstić information content (AvgIpc) is 3.70. The number of aromatic nitrogens is 2. The Hall–Kier alpha value is -5.07. The van der Waals surface area contributed by atoms with Gasteiger partial charge in [0.1, 0.15) is 35.9 Å². The number of carbonyl (C=O) groups is 2. The van der Waals surface area contributed by atoms with E-state index >= 15 is 0 Å². The van der Waals surface area contributed by atoms with Gasteiger partial charge in [-0.2, -0.15) is 5.01 Å². The molecule has 0 radical (unpaired) electrons. The Morgan fingerprint density at radius 3 is 2.10 bits per heavy atom. The number of phenols is 2. The Morgan fingerprint density at radius 1 is 0.796 bits per heavy atom. The maximum absolute atomic E-state index is 14.4. The maximum Gasteiger partial charge on any atom is 0.277 e. The molecule has 2 aliphatic rings. The fourth-order valence-corrected chi connectivity index (χ4v) is 8.01. The molecule has 0 unspecified atom stereocenters. The minimum atomic E-state index is -4.46. The number of aromatic amines is 1. The summed E-state index contributed by atoms with van der Waals surface area (Å²) in [5.41, 5.74) is 0.664. The summed E-state index contributed by atoms with van der Waals surface area (Å²) in [4.78, 5) is 33.7. The number of fused-ring (bicyclic) bond motifs is 10. The molecule has 252 valence electrons. The lowest BCUT2D eigenvalue weighted by Crippen LogP contribution is -2.56. The van der Waals surface area contributed by atoms with Crippen molar-refractivity contribution in [1.82, 2.24) is 19.4 Å². The number of ether oxygens (including phenoxy) is 1. The Balaban J connectivity index is 1.48. The number of imide groups is 1. The second-order valence-corrected chi connectivity index (χ2v) is 13.8. The number of hydrogen-bond donors (Lipinski definition) is 8. The van der Waals surface area contributed by atoms with Crippen molar-refractivity contribution in [3.63, 3.8) is 0 Å². The van der Waals surface area contributed by atoms with E-state index < -0.39 is 59.1 Å². The van der Waals surface area contributed by atoms with Gasteiger partial charge in [-0.05, 0) is 31.2 Å². The van der Waals surface area contributed by atoms with Crippen LogP contribution in [0.4, 0.5) is 0 Å². The summed E-state index contributed by atoms with van der Waals surface area (Å²) >= 11 is 0. The van der Waals surface area contributed by atoms with Gasteiger partial charge in [0.2, 0.25) is 0 Å². The number of sulfonamides is 1. The number of aromatic hydroxyl groups is 2. The monoisotopic (exact) mass is 688 g/mol. The van der Waals surface area contributed by atoms with Crippen LogP contribution in [-0.2, 0) is 14.8 Å². The number of benzene rings is 4. The average molecular weight is 689 g/mol. The van der Waals surface area contributed by atoms with Gasteiger partial charge >= 0.3 is 0 Å². The van der Waals surface area contributed by atoms with Crippen LogP contribution in [0.25, 0.3) is 43.6 Å². The van der Waals surface area contributed by atoms with Crippen molar-refractivity contribution in [2.24, 2.45) is 0 Å². The number of amides is 2. The molecule has 2 amide bonds. The minimum Gasteiger partial charge on any atom is -0.506 e. The highest BCUT2D eigenvalue weighted by atomic mass is 32.2. The second-order valence-electron chi connectivity index (χ2n) is 12.2. The van der Waals surface area contributed by atoms with E-state index in [1.165, 1.54) is 47.0 Å². The number of nitrogens with zero attached hydrogens (tertiary/aromatic N) is 2. The van der Waals surface area contributed by atoms with Gasteiger partial charge in [-0.25, -0.2) is 8.42 Å². The number of phenolic OH excluding ortho intramolecular Hbond substituents is 2. The summed E-state index contributed by atoms with van der Waals surface area (Å²) in [6, 6.07) is 14.6. The van der Waals surface area contributed by atoms with Crippen LogP contribution in [0.5, 0.6) is 11.5 Å². The van der Waals surface area contributed by atoms with Gasteiger partial charge in [-0.1, -0.05) is 42.0 Å². The molecule has 0 spiro atoms. The molecular formula is C33H28N4O11S. The summed E-state index contributed by atoms with van der Waals surface area (Å²) in [6.07, 6.45) is -8.31. The standard InChI is InChI=1S/C33H28N4O11S/c1-13-8-10-14(11-9-13)49(46,47)35-37-31(44)22-20-15-4-2-6-17(39)24(15)34-25(20)27-21(23(22)32(37)45)16-5-3-7-18(40)26(16)36(27)33-30(43)29(42)28(41)19(12-38)48-33/h2-11,19,28-30,33-35,38-43H,12H2,1H3/t19-,28-,29+,30-,33-/m1/s1. The molecule has 15 nitrogen and oxygen atoms in total. The van der Waals surface area contributed by atoms with Gasteiger partial charge in [-0.15, -0.1) is 4.83 Å². The molecule has 4 aromatic carbocycles. The molecule has 0 saturated carbocycles. The van der Waals surface area contributed by atoms with Crippen LogP contribution in [0.15, 0.2) is 65.6 Å². The van der Waals surface area contributed by atoms with E-state index in [1.54, 1.807) is 25.1 Å². The molecule has 49 heavy (non-hydrogen) atoms. The predicted octanol–water partition coefficient (Wildman–Crippen LogP) is 1.61. The zero-order valence-corrected chi connectivity index (χ0v) is 26.2. The number of H-pyrrole nitrogens is 1. The number of aryl methyl sites for hydroxylation is 1. The van der Waals surface area contributed by atoms with Crippen molar-refractivity contribution >= 4 is 65.4 Å². The fourth-order valence-electron chi connectivity index (χ4n) is 7.00. The van der Waals surface area contributed by atoms with E-state index in [9.17, 15) is 48.6 Å². The third kappa shape index (κ3) is 4.26. The second kappa shape index (κ2) is 10.7. The van der Waals surface area contributed by atoms with Crippen molar-refractivity contribution in [1.29, 1.82) is 0 Å². The largest absolute Gasteiger partial charge is 0.506 e. The van der Waals surface area contributed by atoms with Gasteiger partial charge in [0.15, 0.2) is 6.23 Å². The zero-order valence-electron chi connectivity index (χ0n) is 25.4. The number of para-hydroxylation sites is 2. The molecule has 2 aromatic heterocycles. The lowest BCUT2D eigenvalue weighted by molar-refractivity contribution is -0.249. The summed E-state index contributed by atoms with van der Waals surface area (Å²) in [6.45, 7) is 1.01. The summed E-state index contributed by atoms with van der Waals surface area (Å²) in [5.74, 6) is -2.64. The van der Waals surface area contributed by atoms with Gasteiger partial charge < -0.3 is 44.9 Å². The summed E-state index contributed by atoms with van der Waals surface area (Å²) in [7, 11) is -4.46. The number of carbonyl (C=O) groups excluding carboxylic acids is 2. The molecule has 0 bridgehead atoms. The Bertz CT molecular complexity index is 2510. The molecule has 5 atom stereocenters. The third-order valence-corrected chi connectivity index (χ3v) is 10.6. The highest BCUT2D eigenvalue weighted by Gasteiger charge is 2.48. The number of rotatable bonds is 5. The molecule has 1 fully saturated rings. The maximum atomic E-state index is 14.4. The third-order valence-electron chi connectivity index (χ3n) is 9.30. The lowest BCUT2D eigenvalue weighted by Gasteiger charge is -2.41. The van der Waals surface area contributed by atoms with Crippen LogP contribution in [0.1, 0.15) is 32.5 Å². The van der Waals surface area contributed by atoms with E-state index in [0.29, 0.717) is 5.01 Å². The zero-order chi connectivity index (χ0) is 34.7. The highest BCUT2D eigenvalue weighted by Crippen LogP contribution is 2.49. The smallest absolute Gasteiger partial charge is 0.277 e. The number of nitrogens with one attached hydrogen (secondary N) is 2. The van der Waals surface area contributed by atoms with Crippen LogP contribution in [-0.4, -0.2) is 96.5 Å². The van der Waals surface area contributed by atoms with E-state index in [-0.39, 0.29) is 71.1 Å².